The number of ether oxygens (including phenoxy) is 1. The van der Waals surface area contributed by atoms with E-state index in [0.717, 1.165) is 22.4 Å². The predicted molar refractivity (Wildman–Crippen MR) is 146 cm³/mol. The molecule has 182 valence electrons. The Kier molecular flexibility index (Phi) is 8.32. The lowest BCUT2D eigenvalue weighted by Gasteiger charge is -2.13. The predicted octanol–water partition coefficient (Wildman–Crippen LogP) is 6.66. The van der Waals surface area contributed by atoms with Crippen molar-refractivity contribution in [1.82, 2.24) is 4.98 Å². The lowest BCUT2D eigenvalue weighted by molar-refractivity contribution is 0.415. The molecule has 0 saturated carbocycles. The van der Waals surface area contributed by atoms with Crippen LogP contribution in [-0.4, -0.2) is 32.0 Å². The third-order valence-electron chi connectivity index (χ3n) is 5.50. The average Bonchev–Trinajstić information content (AvgIpc) is 2.90. The second-order valence-electron chi connectivity index (χ2n) is 8.01. The van der Waals surface area contributed by atoms with Crippen LogP contribution in [0, 0.1) is 11.3 Å². The monoisotopic (exact) mass is 534 g/mol. The molecule has 0 N–H and O–H groups in total. The van der Waals surface area contributed by atoms with Gasteiger partial charge in [0.05, 0.1) is 29.9 Å². The van der Waals surface area contributed by atoms with Crippen molar-refractivity contribution in [3.8, 4) is 34.2 Å². The molecule has 0 fully saturated rings. The largest absolute Gasteiger partial charge is 0.497 e. The first-order chi connectivity index (χ1) is 17.4. The second kappa shape index (κ2) is 11.6. The molecule has 0 aliphatic rings. The molecule has 4 aromatic rings. The van der Waals surface area contributed by atoms with Gasteiger partial charge in [0.1, 0.15) is 16.8 Å². The third kappa shape index (κ3) is 6.46. The van der Waals surface area contributed by atoms with Crippen molar-refractivity contribution < 1.29 is 13.2 Å². The molecule has 0 atom stereocenters. The van der Waals surface area contributed by atoms with Gasteiger partial charge < -0.3 is 4.74 Å². The lowest BCUT2D eigenvalue weighted by atomic mass is 9.99. The van der Waals surface area contributed by atoms with E-state index in [1.54, 1.807) is 31.4 Å². The zero-order valence-electron chi connectivity index (χ0n) is 19.5. The summed E-state index contributed by atoms with van der Waals surface area (Å²) in [5.41, 5.74) is 4.33. The highest BCUT2D eigenvalue weighted by molar-refractivity contribution is 8.00. The summed E-state index contributed by atoms with van der Waals surface area (Å²) in [6, 6.07) is 28.1. The molecule has 0 aliphatic heterocycles. The molecule has 1 heterocycles. The van der Waals surface area contributed by atoms with Crippen LogP contribution in [0.4, 0.5) is 0 Å². The van der Waals surface area contributed by atoms with Crippen LogP contribution in [0.1, 0.15) is 11.1 Å². The van der Waals surface area contributed by atoms with Crippen molar-refractivity contribution in [3.63, 3.8) is 0 Å². The minimum atomic E-state index is -3.36. The molecule has 0 radical (unpaired) electrons. The molecule has 0 amide bonds. The van der Waals surface area contributed by atoms with Crippen molar-refractivity contribution in [2.75, 3.05) is 18.6 Å². The summed E-state index contributed by atoms with van der Waals surface area (Å²) in [7, 11) is -1.75. The maximum absolute atomic E-state index is 12.7. The average molecular weight is 535 g/mol. The van der Waals surface area contributed by atoms with Crippen LogP contribution in [0.15, 0.2) is 90.0 Å². The number of methoxy groups -OCH3 is 1. The number of sulfone groups is 1. The zero-order valence-corrected chi connectivity index (χ0v) is 21.9. The van der Waals surface area contributed by atoms with Crippen LogP contribution in [0.5, 0.6) is 5.75 Å². The van der Waals surface area contributed by atoms with Gasteiger partial charge in [-0.3, -0.25) is 0 Å². The maximum Gasteiger partial charge on any atom is 0.155 e. The molecule has 8 heteroatoms. The SMILES string of the molecule is COc1ccc(-c2cc(-c3ccccc3)c(C#N)c(SCCS(=O)(=O)Cc3ccc(Cl)cc3)n2)cc1. The fourth-order valence-corrected chi connectivity index (χ4v) is 6.64. The quantitative estimate of drug-likeness (QED) is 0.223. The highest BCUT2D eigenvalue weighted by atomic mass is 35.5. The van der Waals surface area contributed by atoms with Crippen molar-refractivity contribution in [2.24, 2.45) is 0 Å². The van der Waals surface area contributed by atoms with Crippen LogP contribution < -0.4 is 4.74 Å². The van der Waals surface area contributed by atoms with Crippen LogP contribution >= 0.6 is 23.4 Å². The number of pyridine rings is 1. The Morgan fingerprint density at radius 3 is 2.31 bits per heavy atom. The molecule has 0 bridgehead atoms. The number of thioether (sulfide) groups is 1. The van der Waals surface area contributed by atoms with Crippen molar-refractivity contribution in [2.45, 2.75) is 10.8 Å². The molecule has 0 spiro atoms. The Bertz CT molecular complexity index is 1480. The number of halogens is 1. The first-order valence-corrected chi connectivity index (χ1v) is 14.3. The molecule has 36 heavy (non-hydrogen) atoms. The third-order valence-corrected chi connectivity index (χ3v) is 8.59. The number of hydrogen-bond acceptors (Lipinski definition) is 6. The Hall–Kier alpha value is -3.31. The number of hydrogen-bond donors (Lipinski definition) is 0. The van der Waals surface area contributed by atoms with Gasteiger partial charge in [-0.1, -0.05) is 54.1 Å². The zero-order chi connectivity index (χ0) is 25.5. The van der Waals surface area contributed by atoms with Gasteiger partial charge in [-0.2, -0.15) is 5.26 Å². The molecular formula is C28H23ClN2O3S2. The fraction of sp³-hybridized carbons (Fsp3) is 0.143. The van der Waals surface area contributed by atoms with E-state index in [9.17, 15) is 13.7 Å². The number of nitriles is 1. The molecular weight excluding hydrogens is 512 g/mol. The van der Waals surface area contributed by atoms with E-state index in [-0.39, 0.29) is 17.3 Å². The topological polar surface area (TPSA) is 80.0 Å². The number of rotatable bonds is 9. The first kappa shape index (κ1) is 25.8. The van der Waals surface area contributed by atoms with E-state index in [1.807, 2.05) is 60.7 Å². The number of nitrogens with zero attached hydrogens (tertiary/aromatic N) is 2. The van der Waals surface area contributed by atoms with Crippen LogP contribution in [0.2, 0.25) is 5.02 Å². The van der Waals surface area contributed by atoms with E-state index in [1.165, 1.54) is 11.8 Å². The van der Waals surface area contributed by atoms with Gasteiger partial charge in [0.25, 0.3) is 0 Å². The Balaban J connectivity index is 1.63. The van der Waals surface area contributed by atoms with Gasteiger partial charge >= 0.3 is 0 Å². The van der Waals surface area contributed by atoms with Gasteiger partial charge in [0.15, 0.2) is 9.84 Å². The van der Waals surface area contributed by atoms with Gasteiger partial charge in [0.2, 0.25) is 0 Å². The Labute approximate surface area is 220 Å². The van der Waals surface area contributed by atoms with E-state index >= 15 is 0 Å². The van der Waals surface area contributed by atoms with Crippen molar-refractivity contribution >= 4 is 33.2 Å². The maximum atomic E-state index is 12.7. The van der Waals surface area contributed by atoms with E-state index in [0.29, 0.717) is 26.9 Å². The van der Waals surface area contributed by atoms with E-state index < -0.39 is 9.84 Å². The summed E-state index contributed by atoms with van der Waals surface area (Å²) in [4.78, 5) is 4.76. The molecule has 3 aromatic carbocycles. The smallest absolute Gasteiger partial charge is 0.155 e. The van der Waals surface area contributed by atoms with Crippen LogP contribution in [0.25, 0.3) is 22.4 Å². The number of aromatic nitrogens is 1. The fourth-order valence-electron chi connectivity index (χ4n) is 3.66. The Morgan fingerprint density at radius 1 is 0.972 bits per heavy atom. The first-order valence-electron chi connectivity index (χ1n) is 11.1. The van der Waals surface area contributed by atoms with Gasteiger partial charge in [-0.25, -0.2) is 13.4 Å². The second-order valence-corrected chi connectivity index (χ2v) is 11.7. The van der Waals surface area contributed by atoms with Crippen molar-refractivity contribution in [3.05, 3.63) is 101 Å². The molecule has 0 unspecified atom stereocenters. The van der Waals surface area contributed by atoms with Gasteiger partial charge in [0, 0.05) is 21.9 Å². The molecule has 0 saturated heterocycles. The van der Waals surface area contributed by atoms with Crippen molar-refractivity contribution in [1.29, 1.82) is 5.26 Å². The highest BCUT2D eigenvalue weighted by Gasteiger charge is 2.18. The summed E-state index contributed by atoms with van der Waals surface area (Å²) in [5, 5.41) is 11.1. The standard InChI is InChI=1S/C28H23ClN2O3S2/c1-34-24-13-9-22(10-14-24)27-17-25(21-5-3-2-4-6-21)26(18-30)28(31-27)35-15-16-36(32,33)19-20-7-11-23(29)12-8-20/h2-14,17H,15-16,19H2,1H3. The molecule has 1 aromatic heterocycles. The summed E-state index contributed by atoms with van der Waals surface area (Å²) in [6.07, 6.45) is 0. The van der Waals surface area contributed by atoms with Gasteiger partial charge in [-0.05, 0) is 53.6 Å². The van der Waals surface area contributed by atoms with E-state index in [2.05, 4.69) is 6.07 Å². The lowest BCUT2D eigenvalue weighted by Crippen LogP contribution is -2.11. The van der Waals surface area contributed by atoms with Crippen LogP contribution in [-0.2, 0) is 15.6 Å². The molecule has 5 nitrogen and oxygen atoms in total. The minimum absolute atomic E-state index is 0.0414. The summed E-state index contributed by atoms with van der Waals surface area (Å²) >= 11 is 7.18. The Morgan fingerprint density at radius 2 is 1.67 bits per heavy atom. The normalized spacial score (nSPS) is 11.1. The summed E-state index contributed by atoms with van der Waals surface area (Å²) in [5.74, 6) is 0.902. The number of benzene rings is 3. The summed E-state index contributed by atoms with van der Waals surface area (Å²) < 4.78 is 30.7. The molecule has 4 rings (SSSR count). The van der Waals surface area contributed by atoms with Crippen LogP contribution in [0.3, 0.4) is 0 Å². The summed E-state index contributed by atoms with van der Waals surface area (Å²) in [6.45, 7) is 0. The highest BCUT2D eigenvalue weighted by Crippen LogP contribution is 2.34. The molecule has 0 aliphatic carbocycles. The van der Waals surface area contributed by atoms with E-state index in [4.69, 9.17) is 21.3 Å². The van der Waals surface area contributed by atoms with Gasteiger partial charge in [-0.15, -0.1) is 11.8 Å². The minimum Gasteiger partial charge on any atom is -0.497 e.